The largest absolute Gasteiger partial charge is 0.481 e. The number of rotatable bonds is 6. The molecule has 1 amide bonds. The van der Waals surface area contributed by atoms with Crippen LogP contribution in [0.3, 0.4) is 0 Å². The summed E-state index contributed by atoms with van der Waals surface area (Å²) in [5.41, 5.74) is 2.81. The standard InChI is InChI=1S/C19H27NO3/c1-2-18(19(21)20-13-17-8-5-11-22-17)23-16-10-9-14-6-3-4-7-15(14)12-16/h9-10,12,17-18H,2-8,11,13H2,1H3,(H,20,21)/t17-,18+/m1/s1. The molecule has 1 heterocycles. The van der Waals surface area contributed by atoms with Gasteiger partial charge in [-0.25, -0.2) is 0 Å². The van der Waals surface area contributed by atoms with Crippen molar-refractivity contribution in [3.8, 4) is 5.75 Å². The van der Waals surface area contributed by atoms with Crippen LogP contribution in [-0.2, 0) is 22.4 Å². The molecule has 2 atom stereocenters. The molecule has 0 bridgehead atoms. The van der Waals surface area contributed by atoms with Crippen molar-refractivity contribution in [1.82, 2.24) is 5.32 Å². The Morgan fingerprint density at radius 1 is 1.30 bits per heavy atom. The summed E-state index contributed by atoms with van der Waals surface area (Å²) in [6.07, 6.45) is 7.31. The Labute approximate surface area is 138 Å². The van der Waals surface area contributed by atoms with Gasteiger partial charge in [-0.1, -0.05) is 13.0 Å². The highest BCUT2D eigenvalue weighted by Gasteiger charge is 2.22. The van der Waals surface area contributed by atoms with Gasteiger partial charge in [-0.15, -0.1) is 0 Å². The zero-order chi connectivity index (χ0) is 16.1. The third-order valence-corrected chi connectivity index (χ3v) is 4.79. The fraction of sp³-hybridized carbons (Fsp3) is 0.632. The van der Waals surface area contributed by atoms with Gasteiger partial charge in [0.05, 0.1) is 6.10 Å². The lowest BCUT2D eigenvalue weighted by Gasteiger charge is -2.21. The molecule has 0 radical (unpaired) electrons. The highest BCUT2D eigenvalue weighted by atomic mass is 16.5. The molecule has 4 heteroatoms. The minimum Gasteiger partial charge on any atom is -0.481 e. The number of amides is 1. The van der Waals surface area contributed by atoms with Gasteiger partial charge in [0.25, 0.3) is 5.91 Å². The molecule has 1 saturated heterocycles. The maximum atomic E-state index is 12.3. The maximum Gasteiger partial charge on any atom is 0.261 e. The fourth-order valence-corrected chi connectivity index (χ4v) is 3.40. The predicted octanol–water partition coefficient (Wildman–Crippen LogP) is 3.02. The van der Waals surface area contributed by atoms with Crippen molar-refractivity contribution in [3.63, 3.8) is 0 Å². The first-order valence-electron chi connectivity index (χ1n) is 8.94. The van der Waals surface area contributed by atoms with Crippen molar-refractivity contribution >= 4 is 5.91 Å². The van der Waals surface area contributed by atoms with Gasteiger partial charge in [0.15, 0.2) is 6.10 Å². The van der Waals surface area contributed by atoms with E-state index in [0.29, 0.717) is 13.0 Å². The first-order chi connectivity index (χ1) is 11.3. The maximum absolute atomic E-state index is 12.3. The monoisotopic (exact) mass is 317 g/mol. The van der Waals surface area contributed by atoms with Crippen LogP contribution in [0.2, 0.25) is 0 Å². The van der Waals surface area contributed by atoms with E-state index >= 15 is 0 Å². The van der Waals surface area contributed by atoms with Gasteiger partial charge >= 0.3 is 0 Å². The Morgan fingerprint density at radius 3 is 2.87 bits per heavy atom. The molecule has 1 aromatic rings. The fourth-order valence-electron chi connectivity index (χ4n) is 3.40. The molecule has 0 aromatic heterocycles. The van der Waals surface area contributed by atoms with Crippen LogP contribution in [-0.4, -0.2) is 31.3 Å². The number of ether oxygens (including phenoxy) is 2. The summed E-state index contributed by atoms with van der Waals surface area (Å²) in [6, 6.07) is 6.27. The van der Waals surface area contributed by atoms with Crippen molar-refractivity contribution in [2.45, 2.75) is 64.1 Å². The average Bonchev–Trinajstić information content (AvgIpc) is 3.11. The number of fused-ring (bicyclic) bond motifs is 1. The molecule has 4 nitrogen and oxygen atoms in total. The second-order valence-electron chi connectivity index (χ2n) is 6.53. The van der Waals surface area contributed by atoms with E-state index in [-0.39, 0.29) is 12.0 Å². The minimum absolute atomic E-state index is 0.0410. The second kappa shape index (κ2) is 7.82. The summed E-state index contributed by atoms with van der Waals surface area (Å²) >= 11 is 0. The first kappa shape index (κ1) is 16.3. The molecule has 1 aromatic carbocycles. The minimum atomic E-state index is -0.432. The van der Waals surface area contributed by atoms with E-state index in [1.54, 1.807) is 0 Å². The smallest absolute Gasteiger partial charge is 0.261 e. The van der Waals surface area contributed by atoms with Crippen molar-refractivity contribution in [2.75, 3.05) is 13.2 Å². The second-order valence-corrected chi connectivity index (χ2v) is 6.53. The van der Waals surface area contributed by atoms with E-state index in [1.165, 1.54) is 24.0 Å². The van der Waals surface area contributed by atoms with Gasteiger partial charge in [0.2, 0.25) is 0 Å². The van der Waals surface area contributed by atoms with E-state index < -0.39 is 6.10 Å². The summed E-state index contributed by atoms with van der Waals surface area (Å²) in [5.74, 6) is 0.769. The van der Waals surface area contributed by atoms with Crippen LogP contribution in [0.5, 0.6) is 5.75 Å². The molecule has 1 fully saturated rings. The number of carbonyl (C=O) groups excluding carboxylic acids is 1. The van der Waals surface area contributed by atoms with Crippen LogP contribution in [0.1, 0.15) is 50.2 Å². The number of aryl methyl sites for hydroxylation is 2. The summed E-state index contributed by atoms with van der Waals surface area (Å²) in [5, 5.41) is 2.97. The van der Waals surface area contributed by atoms with E-state index in [1.807, 2.05) is 13.0 Å². The van der Waals surface area contributed by atoms with Crippen molar-refractivity contribution in [1.29, 1.82) is 0 Å². The SMILES string of the molecule is CC[C@H](Oc1ccc2c(c1)CCCC2)C(=O)NC[C@H]1CCCO1. The van der Waals surface area contributed by atoms with Crippen molar-refractivity contribution in [2.24, 2.45) is 0 Å². The molecule has 2 aliphatic rings. The lowest BCUT2D eigenvalue weighted by atomic mass is 9.92. The zero-order valence-electron chi connectivity index (χ0n) is 14.0. The summed E-state index contributed by atoms with van der Waals surface area (Å²) < 4.78 is 11.5. The van der Waals surface area contributed by atoms with Gasteiger partial charge in [0, 0.05) is 13.2 Å². The number of hydrogen-bond acceptors (Lipinski definition) is 3. The summed E-state index contributed by atoms with van der Waals surface area (Å²) in [4.78, 5) is 12.3. The Kier molecular flexibility index (Phi) is 5.55. The number of carbonyl (C=O) groups is 1. The Hall–Kier alpha value is -1.55. The van der Waals surface area contributed by atoms with Gasteiger partial charge in [-0.2, -0.15) is 0 Å². The van der Waals surface area contributed by atoms with Crippen LogP contribution in [0, 0.1) is 0 Å². The zero-order valence-corrected chi connectivity index (χ0v) is 14.0. The van der Waals surface area contributed by atoms with Crippen molar-refractivity contribution < 1.29 is 14.3 Å². The van der Waals surface area contributed by atoms with Gasteiger partial charge < -0.3 is 14.8 Å². The molecule has 1 aliphatic heterocycles. The average molecular weight is 317 g/mol. The molecule has 0 unspecified atom stereocenters. The number of benzene rings is 1. The molecular weight excluding hydrogens is 290 g/mol. The summed E-state index contributed by atoms with van der Waals surface area (Å²) in [7, 11) is 0. The van der Waals surface area contributed by atoms with Gasteiger partial charge in [-0.3, -0.25) is 4.79 Å². The highest BCUT2D eigenvalue weighted by molar-refractivity contribution is 5.81. The molecule has 126 valence electrons. The van der Waals surface area contributed by atoms with Crippen LogP contribution < -0.4 is 10.1 Å². The van der Waals surface area contributed by atoms with E-state index in [4.69, 9.17) is 9.47 Å². The molecular formula is C19H27NO3. The van der Waals surface area contributed by atoms with Crippen LogP contribution in [0.15, 0.2) is 18.2 Å². The quantitative estimate of drug-likeness (QED) is 0.877. The van der Waals surface area contributed by atoms with Gasteiger partial charge in [-0.05, 0) is 68.2 Å². The third kappa shape index (κ3) is 4.25. The molecule has 0 saturated carbocycles. The normalized spacial score (nSPS) is 21.5. The predicted molar refractivity (Wildman–Crippen MR) is 89.8 cm³/mol. The number of hydrogen-bond donors (Lipinski definition) is 1. The molecule has 0 spiro atoms. The topological polar surface area (TPSA) is 47.6 Å². The third-order valence-electron chi connectivity index (χ3n) is 4.79. The van der Waals surface area contributed by atoms with Crippen LogP contribution >= 0.6 is 0 Å². The van der Waals surface area contributed by atoms with E-state index in [2.05, 4.69) is 17.4 Å². The molecule has 23 heavy (non-hydrogen) atoms. The van der Waals surface area contributed by atoms with E-state index in [0.717, 1.165) is 38.0 Å². The van der Waals surface area contributed by atoms with Crippen molar-refractivity contribution in [3.05, 3.63) is 29.3 Å². The first-order valence-corrected chi connectivity index (χ1v) is 8.94. The molecule has 1 aliphatic carbocycles. The molecule has 3 rings (SSSR count). The summed E-state index contributed by atoms with van der Waals surface area (Å²) in [6.45, 7) is 3.38. The lowest BCUT2D eigenvalue weighted by Crippen LogP contribution is -2.41. The number of nitrogens with one attached hydrogen (secondary N) is 1. The Morgan fingerprint density at radius 2 is 2.13 bits per heavy atom. The Balaban J connectivity index is 1.56. The Bertz CT molecular complexity index is 537. The molecule has 1 N–H and O–H groups in total. The van der Waals surface area contributed by atoms with Gasteiger partial charge in [0.1, 0.15) is 5.75 Å². The van der Waals surface area contributed by atoms with Crippen LogP contribution in [0.4, 0.5) is 0 Å². The van der Waals surface area contributed by atoms with Crippen LogP contribution in [0.25, 0.3) is 0 Å². The highest BCUT2D eigenvalue weighted by Crippen LogP contribution is 2.26. The van der Waals surface area contributed by atoms with E-state index in [9.17, 15) is 4.79 Å². The lowest BCUT2D eigenvalue weighted by molar-refractivity contribution is -0.128.